The SMILES string of the molecule is NC1C(=O)Nc2cc(N3CCC(O)C3)c(Br)cc21. The Kier molecular flexibility index (Phi) is 2.80. The highest BCUT2D eigenvalue weighted by atomic mass is 79.9. The van der Waals surface area contributed by atoms with Gasteiger partial charge in [0.25, 0.3) is 0 Å². The molecule has 2 aliphatic rings. The molecule has 0 saturated carbocycles. The van der Waals surface area contributed by atoms with Crippen LogP contribution in [0.2, 0.25) is 0 Å². The first-order valence-electron chi connectivity index (χ1n) is 5.89. The Labute approximate surface area is 113 Å². The Bertz CT molecular complexity index is 520. The number of rotatable bonds is 1. The van der Waals surface area contributed by atoms with E-state index in [0.29, 0.717) is 6.54 Å². The normalized spacial score (nSPS) is 26.4. The van der Waals surface area contributed by atoms with E-state index in [1.165, 1.54) is 0 Å². The average Bonchev–Trinajstić information content (AvgIpc) is 2.86. The maximum Gasteiger partial charge on any atom is 0.245 e. The Morgan fingerprint density at radius 1 is 1.50 bits per heavy atom. The molecule has 2 heterocycles. The number of hydrogen-bond donors (Lipinski definition) is 3. The topological polar surface area (TPSA) is 78.6 Å². The van der Waals surface area contributed by atoms with Crippen molar-refractivity contribution in [2.24, 2.45) is 5.73 Å². The van der Waals surface area contributed by atoms with Crippen LogP contribution in [-0.4, -0.2) is 30.2 Å². The number of nitrogens with one attached hydrogen (secondary N) is 1. The van der Waals surface area contributed by atoms with Gasteiger partial charge in [0, 0.05) is 28.8 Å². The number of carbonyl (C=O) groups is 1. The van der Waals surface area contributed by atoms with E-state index in [2.05, 4.69) is 26.1 Å². The Balaban J connectivity index is 1.98. The van der Waals surface area contributed by atoms with Crippen molar-refractivity contribution in [3.8, 4) is 0 Å². The summed E-state index contributed by atoms with van der Waals surface area (Å²) in [5, 5.41) is 12.4. The van der Waals surface area contributed by atoms with Gasteiger partial charge in [0.2, 0.25) is 5.91 Å². The molecule has 2 unspecified atom stereocenters. The van der Waals surface area contributed by atoms with Gasteiger partial charge in [-0.25, -0.2) is 0 Å². The molecule has 96 valence electrons. The maximum atomic E-state index is 11.5. The number of carbonyl (C=O) groups excluding carboxylic acids is 1. The number of aliphatic hydroxyl groups is 1. The van der Waals surface area contributed by atoms with Crippen molar-refractivity contribution in [1.82, 2.24) is 0 Å². The van der Waals surface area contributed by atoms with E-state index in [0.717, 1.165) is 34.4 Å². The zero-order chi connectivity index (χ0) is 12.9. The second kappa shape index (κ2) is 4.22. The highest BCUT2D eigenvalue weighted by molar-refractivity contribution is 9.10. The number of nitrogens with two attached hydrogens (primary N) is 1. The predicted octanol–water partition coefficient (Wildman–Crippen LogP) is 0.972. The lowest BCUT2D eigenvalue weighted by atomic mass is 10.1. The van der Waals surface area contributed by atoms with Gasteiger partial charge in [-0.2, -0.15) is 0 Å². The second-order valence-corrected chi connectivity index (χ2v) is 5.60. The first-order chi connectivity index (χ1) is 8.56. The third-order valence-corrected chi connectivity index (χ3v) is 4.13. The summed E-state index contributed by atoms with van der Waals surface area (Å²) in [6.07, 6.45) is 0.497. The van der Waals surface area contributed by atoms with Crippen LogP contribution in [0, 0.1) is 0 Å². The molecule has 18 heavy (non-hydrogen) atoms. The molecule has 1 fully saturated rings. The molecule has 1 aromatic carbocycles. The Morgan fingerprint density at radius 3 is 2.94 bits per heavy atom. The van der Waals surface area contributed by atoms with Gasteiger partial charge >= 0.3 is 0 Å². The van der Waals surface area contributed by atoms with Crippen molar-refractivity contribution in [2.75, 3.05) is 23.3 Å². The van der Waals surface area contributed by atoms with E-state index in [4.69, 9.17) is 5.73 Å². The molecule has 6 heteroatoms. The molecule has 0 bridgehead atoms. The summed E-state index contributed by atoms with van der Waals surface area (Å²) >= 11 is 3.51. The molecule has 0 aromatic heterocycles. The smallest absolute Gasteiger partial charge is 0.245 e. The van der Waals surface area contributed by atoms with Gasteiger partial charge in [0.1, 0.15) is 6.04 Å². The monoisotopic (exact) mass is 311 g/mol. The molecule has 2 aliphatic heterocycles. The fraction of sp³-hybridized carbons (Fsp3) is 0.417. The lowest BCUT2D eigenvalue weighted by Crippen LogP contribution is -2.21. The number of fused-ring (bicyclic) bond motifs is 1. The van der Waals surface area contributed by atoms with Gasteiger partial charge in [-0.05, 0) is 34.5 Å². The Morgan fingerprint density at radius 2 is 2.28 bits per heavy atom. The molecule has 5 nitrogen and oxygen atoms in total. The number of benzene rings is 1. The zero-order valence-electron chi connectivity index (χ0n) is 9.69. The highest BCUT2D eigenvalue weighted by Gasteiger charge is 2.30. The van der Waals surface area contributed by atoms with Crippen LogP contribution in [0.25, 0.3) is 0 Å². The number of amides is 1. The van der Waals surface area contributed by atoms with Crippen LogP contribution in [0.1, 0.15) is 18.0 Å². The van der Waals surface area contributed by atoms with Crippen molar-refractivity contribution in [3.63, 3.8) is 0 Å². The van der Waals surface area contributed by atoms with Crippen LogP contribution in [0.3, 0.4) is 0 Å². The summed E-state index contributed by atoms with van der Waals surface area (Å²) in [5.74, 6) is -0.171. The fourth-order valence-electron chi connectivity index (χ4n) is 2.50. The van der Waals surface area contributed by atoms with E-state index in [1.54, 1.807) is 0 Å². The van der Waals surface area contributed by atoms with Crippen molar-refractivity contribution in [1.29, 1.82) is 0 Å². The number of halogens is 1. The molecule has 0 aliphatic carbocycles. The summed E-state index contributed by atoms with van der Waals surface area (Å²) in [7, 11) is 0. The largest absolute Gasteiger partial charge is 0.391 e. The summed E-state index contributed by atoms with van der Waals surface area (Å²) in [4.78, 5) is 13.6. The molecular formula is C12H14BrN3O2. The fourth-order valence-corrected chi connectivity index (χ4v) is 3.11. The van der Waals surface area contributed by atoms with E-state index in [1.807, 2.05) is 12.1 Å². The van der Waals surface area contributed by atoms with Crippen molar-refractivity contribution < 1.29 is 9.90 Å². The third kappa shape index (κ3) is 1.81. The van der Waals surface area contributed by atoms with Crippen LogP contribution in [0.15, 0.2) is 16.6 Å². The van der Waals surface area contributed by atoms with E-state index < -0.39 is 6.04 Å². The van der Waals surface area contributed by atoms with Gasteiger partial charge in [0.05, 0.1) is 11.8 Å². The van der Waals surface area contributed by atoms with Crippen LogP contribution in [-0.2, 0) is 4.79 Å². The lowest BCUT2D eigenvalue weighted by molar-refractivity contribution is -0.116. The number of nitrogens with zero attached hydrogens (tertiary/aromatic N) is 1. The van der Waals surface area contributed by atoms with Crippen LogP contribution < -0.4 is 16.0 Å². The molecule has 1 saturated heterocycles. The van der Waals surface area contributed by atoms with Gasteiger partial charge in [-0.1, -0.05) is 0 Å². The number of anilines is 2. The lowest BCUT2D eigenvalue weighted by Gasteiger charge is -2.20. The van der Waals surface area contributed by atoms with Crippen molar-refractivity contribution in [2.45, 2.75) is 18.6 Å². The first kappa shape index (κ1) is 12.0. The predicted molar refractivity (Wildman–Crippen MR) is 72.5 cm³/mol. The van der Waals surface area contributed by atoms with Crippen molar-refractivity contribution >= 4 is 33.2 Å². The molecule has 1 amide bonds. The maximum absolute atomic E-state index is 11.5. The number of β-amino-alcohol motifs (C(OH)–C–C–N with tert-alkyl or cyclic N) is 1. The summed E-state index contributed by atoms with van der Waals surface area (Å²) in [5.41, 5.74) is 8.37. The minimum absolute atomic E-state index is 0.171. The third-order valence-electron chi connectivity index (χ3n) is 3.50. The van der Waals surface area contributed by atoms with E-state index >= 15 is 0 Å². The molecule has 1 aromatic rings. The number of hydrogen-bond acceptors (Lipinski definition) is 4. The van der Waals surface area contributed by atoms with Gasteiger partial charge in [0.15, 0.2) is 0 Å². The second-order valence-electron chi connectivity index (χ2n) is 4.75. The molecular weight excluding hydrogens is 298 g/mol. The van der Waals surface area contributed by atoms with Crippen LogP contribution in [0.4, 0.5) is 11.4 Å². The highest BCUT2D eigenvalue weighted by Crippen LogP contribution is 2.39. The molecule has 0 radical (unpaired) electrons. The first-order valence-corrected chi connectivity index (χ1v) is 6.68. The van der Waals surface area contributed by atoms with Gasteiger partial charge in [-0.3, -0.25) is 4.79 Å². The minimum Gasteiger partial charge on any atom is -0.391 e. The number of aliphatic hydroxyl groups excluding tert-OH is 1. The summed E-state index contributed by atoms with van der Waals surface area (Å²) in [6.45, 7) is 1.44. The Hall–Kier alpha value is -1.11. The summed E-state index contributed by atoms with van der Waals surface area (Å²) in [6, 6.07) is 3.22. The van der Waals surface area contributed by atoms with E-state index in [-0.39, 0.29) is 12.0 Å². The standard InChI is InChI=1S/C12H14BrN3O2/c13-8-3-7-9(15-12(18)11(7)14)4-10(8)16-2-1-6(17)5-16/h3-4,6,11,17H,1-2,5,14H2,(H,15,18). The van der Waals surface area contributed by atoms with E-state index in [9.17, 15) is 9.90 Å². The molecule has 0 spiro atoms. The molecule has 3 rings (SSSR count). The van der Waals surface area contributed by atoms with Gasteiger partial charge < -0.3 is 21.1 Å². The minimum atomic E-state index is -0.588. The van der Waals surface area contributed by atoms with Crippen LogP contribution >= 0.6 is 15.9 Å². The van der Waals surface area contributed by atoms with Crippen LogP contribution in [0.5, 0.6) is 0 Å². The summed E-state index contributed by atoms with van der Waals surface area (Å²) < 4.78 is 0.905. The molecule has 2 atom stereocenters. The van der Waals surface area contributed by atoms with Gasteiger partial charge in [-0.15, -0.1) is 0 Å². The quantitative estimate of drug-likeness (QED) is 0.722. The average molecular weight is 312 g/mol. The molecule has 4 N–H and O–H groups in total. The van der Waals surface area contributed by atoms with Crippen molar-refractivity contribution in [3.05, 3.63) is 22.2 Å². The zero-order valence-corrected chi connectivity index (χ0v) is 11.3.